The fourth-order valence-corrected chi connectivity index (χ4v) is 1.55. The molecule has 1 amide bonds. The minimum atomic E-state index is -0.438. The van der Waals surface area contributed by atoms with Gasteiger partial charge in [0, 0.05) is 23.0 Å². The number of anilines is 2. The highest BCUT2D eigenvalue weighted by atomic mass is 16.3. The van der Waals surface area contributed by atoms with Crippen LogP contribution in [0.4, 0.5) is 11.4 Å². The molecule has 5 nitrogen and oxygen atoms in total. The first-order valence-electron chi connectivity index (χ1n) is 5.24. The molecule has 0 aliphatic rings. The van der Waals surface area contributed by atoms with Gasteiger partial charge in [-0.3, -0.25) is 4.79 Å². The summed E-state index contributed by atoms with van der Waals surface area (Å²) < 4.78 is 0. The summed E-state index contributed by atoms with van der Waals surface area (Å²) in [7, 11) is 0. The summed E-state index contributed by atoms with van der Waals surface area (Å²) in [4.78, 5) is 11.9. The van der Waals surface area contributed by atoms with Gasteiger partial charge in [-0.15, -0.1) is 0 Å². The molecular formula is C13H12N2O3. The lowest BCUT2D eigenvalue weighted by Gasteiger charge is -2.06. The molecule has 92 valence electrons. The average Bonchev–Trinajstić information content (AvgIpc) is 2.27. The predicted octanol–water partition coefficient (Wildman–Crippen LogP) is 1.93. The Morgan fingerprint density at radius 3 is 2.33 bits per heavy atom. The van der Waals surface area contributed by atoms with Crippen LogP contribution in [-0.4, -0.2) is 16.1 Å². The molecule has 0 bridgehead atoms. The molecule has 0 fully saturated rings. The number of aromatic hydroxyl groups is 2. The normalized spacial score (nSPS) is 10.0. The summed E-state index contributed by atoms with van der Waals surface area (Å²) in [5, 5.41) is 21.2. The van der Waals surface area contributed by atoms with Crippen molar-refractivity contribution in [1.82, 2.24) is 0 Å². The van der Waals surface area contributed by atoms with E-state index in [1.165, 1.54) is 12.1 Å². The molecule has 5 heteroatoms. The summed E-state index contributed by atoms with van der Waals surface area (Å²) >= 11 is 0. The van der Waals surface area contributed by atoms with Crippen molar-refractivity contribution < 1.29 is 15.0 Å². The number of carbonyl (C=O) groups is 1. The van der Waals surface area contributed by atoms with Crippen molar-refractivity contribution in [3.05, 3.63) is 48.0 Å². The molecule has 2 aromatic rings. The zero-order valence-corrected chi connectivity index (χ0v) is 9.42. The van der Waals surface area contributed by atoms with Crippen LogP contribution in [0.3, 0.4) is 0 Å². The molecule has 0 spiro atoms. The Hall–Kier alpha value is -2.69. The van der Waals surface area contributed by atoms with Crippen LogP contribution < -0.4 is 11.1 Å². The lowest BCUT2D eigenvalue weighted by Crippen LogP contribution is -2.11. The molecule has 0 saturated heterocycles. The Bertz CT molecular complexity index is 576. The maximum atomic E-state index is 11.9. The number of phenols is 2. The number of phenolic OH excluding ortho intramolecular Hbond substituents is 2. The lowest BCUT2D eigenvalue weighted by atomic mass is 10.2. The van der Waals surface area contributed by atoms with E-state index in [0.717, 1.165) is 6.07 Å². The fourth-order valence-electron chi connectivity index (χ4n) is 1.55. The molecule has 0 aliphatic heterocycles. The van der Waals surface area contributed by atoms with Gasteiger partial charge in [-0.1, -0.05) is 6.07 Å². The first-order chi connectivity index (χ1) is 8.54. The molecule has 0 radical (unpaired) electrons. The Kier molecular flexibility index (Phi) is 3.05. The largest absolute Gasteiger partial charge is 0.508 e. The smallest absolute Gasteiger partial charge is 0.255 e. The summed E-state index contributed by atoms with van der Waals surface area (Å²) in [5.41, 5.74) is 6.83. The first kappa shape index (κ1) is 11.8. The monoisotopic (exact) mass is 244 g/mol. The van der Waals surface area contributed by atoms with E-state index in [9.17, 15) is 15.0 Å². The van der Waals surface area contributed by atoms with Crippen molar-refractivity contribution in [2.75, 3.05) is 11.1 Å². The number of amides is 1. The maximum absolute atomic E-state index is 11.9. The van der Waals surface area contributed by atoms with Gasteiger partial charge in [-0.05, 0) is 30.3 Å². The Morgan fingerprint density at radius 2 is 1.72 bits per heavy atom. The number of hydrogen-bond donors (Lipinski definition) is 4. The van der Waals surface area contributed by atoms with Gasteiger partial charge in [0.25, 0.3) is 5.91 Å². The van der Waals surface area contributed by atoms with E-state index >= 15 is 0 Å². The highest BCUT2D eigenvalue weighted by molar-refractivity contribution is 6.04. The topological polar surface area (TPSA) is 95.6 Å². The molecule has 0 aromatic heterocycles. The van der Waals surface area contributed by atoms with E-state index in [-0.39, 0.29) is 17.1 Å². The van der Waals surface area contributed by atoms with Crippen molar-refractivity contribution in [2.24, 2.45) is 0 Å². The third-order valence-corrected chi connectivity index (χ3v) is 2.31. The third-order valence-electron chi connectivity index (χ3n) is 2.31. The van der Waals surface area contributed by atoms with Gasteiger partial charge in [0.15, 0.2) is 0 Å². The summed E-state index contributed by atoms with van der Waals surface area (Å²) in [6.45, 7) is 0. The van der Waals surface area contributed by atoms with Gasteiger partial charge in [-0.2, -0.15) is 0 Å². The van der Waals surface area contributed by atoms with Gasteiger partial charge in [0.1, 0.15) is 11.5 Å². The van der Waals surface area contributed by atoms with E-state index in [1.807, 2.05) is 0 Å². The zero-order valence-electron chi connectivity index (χ0n) is 9.42. The number of benzene rings is 2. The van der Waals surface area contributed by atoms with E-state index < -0.39 is 5.91 Å². The highest BCUT2D eigenvalue weighted by Gasteiger charge is 2.08. The van der Waals surface area contributed by atoms with Crippen LogP contribution in [-0.2, 0) is 0 Å². The van der Waals surface area contributed by atoms with Crippen molar-refractivity contribution in [1.29, 1.82) is 0 Å². The molecule has 18 heavy (non-hydrogen) atoms. The Balaban J connectivity index is 2.22. The maximum Gasteiger partial charge on any atom is 0.255 e. The molecule has 0 atom stereocenters. The van der Waals surface area contributed by atoms with Crippen LogP contribution >= 0.6 is 0 Å². The second-order valence-corrected chi connectivity index (χ2v) is 3.82. The second-order valence-electron chi connectivity index (χ2n) is 3.82. The highest BCUT2D eigenvalue weighted by Crippen LogP contribution is 2.21. The Morgan fingerprint density at radius 1 is 1.06 bits per heavy atom. The van der Waals surface area contributed by atoms with E-state index in [0.29, 0.717) is 11.4 Å². The first-order valence-corrected chi connectivity index (χ1v) is 5.24. The molecule has 2 aromatic carbocycles. The van der Waals surface area contributed by atoms with Crippen LogP contribution in [0.15, 0.2) is 42.5 Å². The van der Waals surface area contributed by atoms with Crippen LogP contribution in [0.25, 0.3) is 0 Å². The molecule has 0 unspecified atom stereocenters. The summed E-state index contributed by atoms with van der Waals surface area (Å²) in [5.74, 6) is -0.785. The number of nitrogens with one attached hydrogen (secondary N) is 1. The number of nitrogen functional groups attached to an aromatic ring is 1. The van der Waals surface area contributed by atoms with Gasteiger partial charge >= 0.3 is 0 Å². The van der Waals surface area contributed by atoms with Gasteiger partial charge in [0.05, 0.1) is 0 Å². The number of rotatable bonds is 2. The minimum absolute atomic E-state index is 0.162. The second kappa shape index (κ2) is 4.67. The van der Waals surface area contributed by atoms with Crippen LogP contribution in [0.1, 0.15) is 10.4 Å². The molecule has 0 aliphatic carbocycles. The minimum Gasteiger partial charge on any atom is -0.508 e. The summed E-state index contributed by atoms with van der Waals surface area (Å²) in [6.07, 6.45) is 0. The molecule has 2 rings (SSSR count). The van der Waals surface area contributed by atoms with E-state index in [1.54, 1.807) is 24.3 Å². The van der Waals surface area contributed by atoms with Crippen molar-refractivity contribution in [3.63, 3.8) is 0 Å². The molecule has 5 N–H and O–H groups in total. The lowest BCUT2D eigenvalue weighted by molar-refractivity contribution is 0.102. The van der Waals surface area contributed by atoms with Gasteiger partial charge in [0.2, 0.25) is 0 Å². The van der Waals surface area contributed by atoms with Crippen LogP contribution in [0, 0.1) is 0 Å². The van der Waals surface area contributed by atoms with Gasteiger partial charge in [-0.25, -0.2) is 0 Å². The van der Waals surface area contributed by atoms with Gasteiger partial charge < -0.3 is 21.3 Å². The van der Waals surface area contributed by atoms with Crippen LogP contribution in [0.5, 0.6) is 11.5 Å². The van der Waals surface area contributed by atoms with E-state index in [4.69, 9.17) is 5.73 Å². The Labute approximate surface area is 103 Å². The summed E-state index contributed by atoms with van der Waals surface area (Å²) in [6, 6.07) is 10.4. The fraction of sp³-hybridized carbons (Fsp3) is 0. The van der Waals surface area contributed by atoms with Crippen molar-refractivity contribution in [2.45, 2.75) is 0 Å². The van der Waals surface area contributed by atoms with Crippen LogP contribution in [0.2, 0.25) is 0 Å². The number of carbonyl (C=O) groups excluding carboxylic acids is 1. The zero-order chi connectivity index (χ0) is 13.1. The van der Waals surface area contributed by atoms with E-state index in [2.05, 4.69) is 5.32 Å². The number of nitrogens with two attached hydrogens (primary N) is 1. The number of hydrogen-bond acceptors (Lipinski definition) is 4. The molecule has 0 heterocycles. The SMILES string of the molecule is Nc1cccc(NC(=O)c2cc(O)cc(O)c2)c1. The third kappa shape index (κ3) is 2.70. The van der Waals surface area contributed by atoms with Crippen molar-refractivity contribution in [3.8, 4) is 11.5 Å². The molecule has 0 saturated carbocycles. The standard InChI is InChI=1S/C13H12N2O3/c14-9-2-1-3-10(6-9)15-13(18)8-4-11(16)7-12(17)5-8/h1-7,16-17H,14H2,(H,15,18). The predicted molar refractivity (Wildman–Crippen MR) is 68.6 cm³/mol. The molecular weight excluding hydrogens is 232 g/mol. The quantitative estimate of drug-likeness (QED) is 0.607. The average molecular weight is 244 g/mol. The van der Waals surface area contributed by atoms with Crippen molar-refractivity contribution >= 4 is 17.3 Å².